The quantitative estimate of drug-likeness (QED) is 0.812. The van der Waals surface area contributed by atoms with Gasteiger partial charge in [0.15, 0.2) is 0 Å². The molecule has 0 spiro atoms. The zero-order valence-electron chi connectivity index (χ0n) is 14.3. The van der Waals surface area contributed by atoms with Gasteiger partial charge >= 0.3 is 0 Å². The van der Waals surface area contributed by atoms with Crippen LogP contribution in [0.5, 0.6) is 0 Å². The Morgan fingerprint density at radius 2 is 2.00 bits per heavy atom. The van der Waals surface area contributed by atoms with E-state index in [-0.39, 0.29) is 30.6 Å². The molecule has 4 rings (SSSR count). The topological polar surface area (TPSA) is 75.6 Å². The lowest BCUT2D eigenvalue weighted by Crippen LogP contribution is -2.54. The van der Waals surface area contributed by atoms with Gasteiger partial charge in [0.1, 0.15) is 6.61 Å². The number of aromatic nitrogens is 2. The van der Waals surface area contributed by atoms with E-state index in [9.17, 15) is 9.59 Å². The van der Waals surface area contributed by atoms with Crippen LogP contribution in [0, 0.1) is 0 Å². The molecule has 1 aromatic heterocycles. The maximum absolute atomic E-state index is 12.7. The summed E-state index contributed by atoms with van der Waals surface area (Å²) in [5, 5.41) is 7.47. The summed E-state index contributed by atoms with van der Waals surface area (Å²) >= 11 is 0. The van der Waals surface area contributed by atoms with Crippen molar-refractivity contribution in [1.82, 2.24) is 20.0 Å². The Labute approximate surface area is 151 Å². The van der Waals surface area contributed by atoms with E-state index in [0.29, 0.717) is 25.2 Å². The lowest BCUT2D eigenvalue weighted by Gasteiger charge is -2.36. The van der Waals surface area contributed by atoms with Gasteiger partial charge in [-0.1, -0.05) is 30.3 Å². The van der Waals surface area contributed by atoms with Crippen molar-refractivity contribution in [3.05, 3.63) is 59.9 Å². The van der Waals surface area contributed by atoms with Crippen molar-refractivity contribution in [2.45, 2.75) is 18.6 Å². The molecule has 26 heavy (non-hydrogen) atoms. The predicted molar refractivity (Wildman–Crippen MR) is 93.3 cm³/mol. The van der Waals surface area contributed by atoms with Gasteiger partial charge in [-0.2, -0.15) is 10.2 Å². The third-order valence-corrected chi connectivity index (χ3v) is 4.98. The molecular formula is C19H20N4O3. The van der Waals surface area contributed by atoms with Gasteiger partial charge in [0, 0.05) is 19.6 Å². The van der Waals surface area contributed by atoms with Crippen molar-refractivity contribution in [2.75, 3.05) is 26.2 Å². The van der Waals surface area contributed by atoms with Crippen LogP contribution < -0.4 is 0 Å². The van der Waals surface area contributed by atoms with Crippen LogP contribution in [0.2, 0.25) is 0 Å². The second-order valence-corrected chi connectivity index (χ2v) is 6.58. The third-order valence-electron chi connectivity index (χ3n) is 4.98. The first-order valence-corrected chi connectivity index (χ1v) is 8.73. The van der Waals surface area contributed by atoms with Crippen LogP contribution in [-0.2, 0) is 16.0 Å². The molecule has 134 valence electrons. The number of likely N-dealkylation sites (tertiary alicyclic amines) is 1. The molecule has 3 heterocycles. The number of ether oxygens (including phenoxy) is 1. The summed E-state index contributed by atoms with van der Waals surface area (Å²) in [6, 6.07) is 11.6. The van der Waals surface area contributed by atoms with Crippen LogP contribution in [0.15, 0.2) is 48.8 Å². The number of fused-ring (bicyclic) bond motifs is 1. The molecule has 7 heteroatoms. The minimum Gasteiger partial charge on any atom is -0.364 e. The van der Waals surface area contributed by atoms with E-state index < -0.39 is 0 Å². The molecule has 0 bridgehead atoms. The van der Waals surface area contributed by atoms with E-state index in [4.69, 9.17) is 4.74 Å². The molecule has 7 nitrogen and oxygen atoms in total. The molecule has 0 radical (unpaired) electrons. The normalized spacial score (nSPS) is 22.4. The monoisotopic (exact) mass is 352 g/mol. The van der Waals surface area contributed by atoms with Crippen molar-refractivity contribution in [1.29, 1.82) is 0 Å². The van der Waals surface area contributed by atoms with Gasteiger partial charge in [-0.25, -0.2) is 0 Å². The number of benzene rings is 1. The Morgan fingerprint density at radius 1 is 1.15 bits per heavy atom. The van der Waals surface area contributed by atoms with Gasteiger partial charge < -0.3 is 14.5 Å². The zero-order valence-corrected chi connectivity index (χ0v) is 14.3. The Kier molecular flexibility index (Phi) is 4.62. The van der Waals surface area contributed by atoms with Crippen molar-refractivity contribution >= 4 is 11.8 Å². The largest absolute Gasteiger partial charge is 0.364 e. The van der Waals surface area contributed by atoms with E-state index in [1.165, 1.54) is 18.0 Å². The lowest BCUT2D eigenvalue weighted by molar-refractivity contribution is -0.152. The molecule has 2 aliphatic heterocycles. The Bertz CT molecular complexity index is 784. The number of morpholine rings is 1. The van der Waals surface area contributed by atoms with E-state index in [2.05, 4.69) is 22.3 Å². The third kappa shape index (κ3) is 3.30. The predicted octanol–water partition coefficient (Wildman–Crippen LogP) is 0.771. The second kappa shape index (κ2) is 7.21. The molecular weight excluding hydrogens is 332 g/mol. The molecule has 0 unspecified atom stereocenters. The highest BCUT2D eigenvalue weighted by atomic mass is 16.5. The summed E-state index contributed by atoms with van der Waals surface area (Å²) < 4.78 is 5.70. The van der Waals surface area contributed by atoms with Crippen LogP contribution >= 0.6 is 0 Å². The average molecular weight is 352 g/mol. The van der Waals surface area contributed by atoms with Crippen molar-refractivity contribution in [3.8, 4) is 0 Å². The number of carbonyl (C=O) groups is 2. The molecule has 0 aliphatic carbocycles. The summed E-state index contributed by atoms with van der Waals surface area (Å²) in [6.45, 7) is 1.67. The maximum atomic E-state index is 12.7. The number of nitrogens with zero attached hydrogens (tertiary/aromatic N) is 4. The van der Waals surface area contributed by atoms with Crippen molar-refractivity contribution in [2.24, 2.45) is 0 Å². The van der Waals surface area contributed by atoms with E-state index >= 15 is 0 Å². The summed E-state index contributed by atoms with van der Waals surface area (Å²) in [5.41, 5.74) is 1.69. The summed E-state index contributed by atoms with van der Waals surface area (Å²) in [6.07, 6.45) is 3.62. The standard InChI is InChI=1S/C19H20N4O3/c24-18-13-26-17-12-22(19(25)15-6-8-20-21-10-15)11-16(17)23(18)9-7-14-4-2-1-3-5-14/h1-6,8,10,16-17H,7,9,11-13H2/t16-,17-/m0/s1. The molecule has 2 atom stereocenters. The Morgan fingerprint density at radius 3 is 2.77 bits per heavy atom. The number of carbonyl (C=O) groups excluding carboxylic acids is 2. The van der Waals surface area contributed by atoms with Crippen molar-refractivity contribution < 1.29 is 14.3 Å². The fourth-order valence-electron chi connectivity index (χ4n) is 3.62. The zero-order chi connectivity index (χ0) is 17.9. The summed E-state index contributed by atoms with van der Waals surface area (Å²) in [5.74, 6) is -0.115. The fourth-order valence-corrected chi connectivity index (χ4v) is 3.62. The smallest absolute Gasteiger partial charge is 0.255 e. The highest BCUT2D eigenvalue weighted by molar-refractivity contribution is 5.94. The van der Waals surface area contributed by atoms with Crippen molar-refractivity contribution in [3.63, 3.8) is 0 Å². The van der Waals surface area contributed by atoms with Crippen LogP contribution in [0.1, 0.15) is 15.9 Å². The first-order valence-electron chi connectivity index (χ1n) is 8.73. The molecule has 2 aromatic rings. The van der Waals surface area contributed by atoms with Crippen LogP contribution in [0.4, 0.5) is 0 Å². The minimum absolute atomic E-state index is 0.0120. The molecule has 2 amide bonds. The fraction of sp³-hybridized carbons (Fsp3) is 0.368. The summed E-state index contributed by atoms with van der Waals surface area (Å²) in [7, 11) is 0. The average Bonchev–Trinajstić information content (AvgIpc) is 3.12. The molecule has 0 N–H and O–H groups in total. The van der Waals surface area contributed by atoms with Gasteiger partial charge in [-0.05, 0) is 18.1 Å². The number of rotatable bonds is 4. The van der Waals surface area contributed by atoms with E-state index in [1.54, 1.807) is 11.0 Å². The second-order valence-electron chi connectivity index (χ2n) is 6.58. The first kappa shape index (κ1) is 16.7. The SMILES string of the molecule is O=C(c1ccnnc1)N1C[C@@H]2OCC(=O)N(CCc3ccccc3)[C@H]2C1. The molecule has 2 saturated heterocycles. The van der Waals surface area contributed by atoms with Gasteiger partial charge in [0.05, 0.1) is 30.1 Å². The number of hydrogen-bond acceptors (Lipinski definition) is 5. The van der Waals surface area contributed by atoms with Gasteiger partial charge in [-0.15, -0.1) is 0 Å². The van der Waals surface area contributed by atoms with E-state index in [0.717, 1.165) is 6.42 Å². The highest BCUT2D eigenvalue weighted by Gasteiger charge is 2.44. The molecule has 2 fully saturated rings. The summed E-state index contributed by atoms with van der Waals surface area (Å²) in [4.78, 5) is 28.7. The minimum atomic E-state index is -0.137. The van der Waals surface area contributed by atoms with Gasteiger partial charge in [0.25, 0.3) is 5.91 Å². The lowest BCUT2D eigenvalue weighted by atomic mass is 10.1. The number of amides is 2. The Balaban J connectivity index is 1.45. The number of hydrogen-bond donors (Lipinski definition) is 0. The molecule has 2 aliphatic rings. The Hall–Kier alpha value is -2.80. The van der Waals surface area contributed by atoms with Crippen LogP contribution in [0.25, 0.3) is 0 Å². The molecule has 1 aromatic carbocycles. The van der Waals surface area contributed by atoms with Crippen LogP contribution in [-0.4, -0.2) is 70.2 Å². The highest BCUT2D eigenvalue weighted by Crippen LogP contribution is 2.25. The van der Waals surface area contributed by atoms with Gasteiger partial charge in [0.2, 0.25) is 5.91 Å². The first-order chi connectivity index (χ1) is 12.7. The van der Waals surface area contributed by atoms with Crippen LogP contribution in [0.3, 0.4) is 0 Å². The molecule has 0 saturated carbocycles. The van der Waals surface area contributed by atoms with E-state index in [1.807, 2.05) is 23.1 Å². The van der Waals surface area contributed by atoms with Gasteiger partial charge in [-0.3, -0.25) is 9.59 Å². The maximum Gasteiger partial charge on any atom is 0.255 e.